The van der Waals surface area contributed by atoms with Crippen LogP contribution in [0.2, 0.25) is 5.02 Å². The number of nitrogens with one attached hydrogen (secondary N) is 2. The zero-order valence-corrected chi connectivity index (χ0v) is 11.6. The molecule has 0 radical (unpaired) electrons. The molecule has 1 fully saturated rings. The molecular weight excluding hydrogens is 248 g/mol. The van der Waals surface area contributed by atoms with Crippen LogP contribution in [0.15, 0.2) is 24.3 Å². The Kier molecular flexibility index (Phi) is 3.93. The van der Waals surface area contributed by atoms with E-state index >= 15 is 0 Å². The molecule has 1 aromatic rings. The topological polar surface area (TPSA) is 41.1 Å². The van der Waals surface area contributed by atoms with E-state index in [1.807, 2.05) is 38.1 Å². The summed E-state index contributed by atoms with van der Waals surface area (Å²) >= 11 is 5.87. The van der Waals surface area contributed by atoms with Gasteiger partial charge in [0, 0.05) is 5.02 Å². The molecule has 1 saturated heterocycles. The summed E-state index contributed by atoms with van der Waals surface area (Å²) in [6, 6.07) is 7.55. The Morgan fingerprint density at radius 3 is 2.61 bits per heavy atom. The van der Waals surface area contributed by atoms with Gasteiger partial charge in [-0.15, -0.1) is 0 Å². The van der Waals surface area contributed by atoms with E-state index in [1.165, 1.54) is 0 Å². The lowest BCUT2D eigenvalue weighted by Crippen LogP contribution is -2.48. The largest absolute Gasteiger partial charge is 0.346 e. The van der Waals surface area contributed by atoms with Gasteiger partial charge in [0.1, 0.15) is 0 Å². The van der Waals surface area contributed by atoms with Gasteiger partial charge in [0.05, 0.1) is 11.6 Å². The van der Waals surface area contributed by atoms with Gasteiger partial charge < -0.3 is 10.6 Å². The SMILES string of the molecule is CC(C)(NC(=O)C1CCCN1)c1ccc(Cl)cc1. The summed E-state index contributed by atoms with van der Waals surface area (Å²) in [7, 11) is 0. The van der Waals surface area contributed by atoms with E-state index in [0.717, 1.165) is 24.9 Å². The molecule has 0 aliphatic carbocycles. The highest BCUT2D eigenvalue weighted by atomic mass is 35.5. The first-order valence-corrected chi connectivity index (χ1v) is 6.68. The summed E-state index contributed by atoms with van der Waals surface area (Å²) in [4.78, 5) is 12.1. The number of hydrogen-bond acceptors (Lipinski definition) is 2. The molecule has 0 bridgehead atoms. The van der Waals surface area contributed by atoms with Gasteiger partial charge in [0.25, 0.3) is 0 Å². The Labute approximate surface area is 113 Å². The molecule has 3 nitrogen and oxygen atoms in total. The summed E-state index contributed by atoms with van der Waals surface area (Å²) in [6.45, 7) is 4.94. The van der Waals surface area contributed by atoms with Gasteiger partial charge in [-0.1, -0.05) is 23.7 Å². The Morgan fingerprint density at radius 1 is 1.39 bits per heavy atom. The normalized spacial score (nSPS) is 19.8. The van der Waals surface area contributed by atoms with Crippen molar-refractivity contribution >= 4 is 17.5 Å². The van der Waals surface area contributed by atoms with Crippen LogP contribution in [0.4, 0.5) is 0 Å². The molecule has 0 saturated carbocycles. The van der Waals surface area contributed by atoms with E-state index in [9.17, 15) is 4.79 Å². The Morgan fingerprint density at radius 2 is 2.06 bits per heavy atom. The lowest BCUT2D eigenvalue weighted by Gasteiger charge is -2.28. The predicted molar refractivity (Wildman–Crippen MR) is 73.6 cm³/mol. The molecule has 98 valence electrons. The van der Waals surface area contributed by atoms with E-state index in [2.05, 4.69) is 10.6 Å². The van der Waals surface area contributed by atoms with Crippen LogP contribution in [-0.4, -0.2) is 18.5 Å². The first-order valence-electron chi connectivity index (χ1n) is 6.30. The van der Waals surface area contributed by atoms with Crippen LogP contribution in [-0.2, 0) is 10.3 Å². The maximum absolute atomic E-state index is 12.1. The Bertz CT molecular complexity index is 422. The highest BCUT2D eigenvalue weighted by Gasteiger charge is 2.28. The summed E-state index contributed by atoms with van der Waals surface area (Å²) < 4.78 is 0. The van der Waals surface area contributed by atoms with E-state index < -0.39 is 0 Å². The second kappa shape index (κ2) is 5.29. The number of benzene rings is 1. The molecule has 1 aliphatic heterocycles. The third kappa shape index (κ3) is 3.03. The van der Waals surface area contributed by atoms with Gasteiger partial charge in [-0.2, -0.15) is 0 Å². The summed E-state index contributed by atoms with van der Waals surface area (Å²) in [5.74, 6) is 0.0763. The van der Waals surface area contributed by atoms with Gasteiger partial charge in [-0.3, -0.25) is 4.79 Å². The van der Waals surface area contributed by atoms with E-state index in [4.69, 9.17) is 11.6 Å². The number of carbonyl (C=O) groups excluding carboxylic acids is 1. The fraction of sp³-hybridized carbons (Fsp3) is 0.500. The van der Waals surface area contributed by atoms with Crippen LogP contribution < -0.4 is 10.6 Å². The first-order chi connectivity index (χ1) is 8.49. The number of halogens is 1. The van der Waals surface area contributed by atoms with Crippen molar-refractivity contribution in [3.63, 3.8) is 0 Å². The van der Waals surface area contributed by atoms with Crippen molar-refractivity contribution in [3.05, 3.63) is 34.9 Å². The smallest absolute Gasteiger partial charge is 0.237 e. The molecule has 2 rings (SSSR count). The minimum absolute atomic E-state index is 0.0448. The minimum atomic E-state index is -0.383. The third-order valence-electron chi connectivity index (χ3n) is 3.38. The van der Waals surface area contributed by atoms with Crippen molar-refractivity contribution in [1.29, 1.82) is 0 Å². The maximum Gasteiger partial charge on any atom is 0.237 e. The molecule has 0 aromatic heterocycles. The van der Waals surface area contributed by atoms with Crippen LogP contribution in [0.3, 0.4) is 0 Å². The molecule has 1 aliphatic rings. The molecule has 1 heterocycles. The minimum Gasteiger partial charge on any atom is -0.346 e. The van der Waals surface area contributed by atoms with E-state index in [1.54, 1.807) is 0 Å². The van der Waals surface area contributed by atoms with Crippen molar-refractivity contribution in [2.24, 2.45) is 0 Å². The van der Waals surface area contributed by atoms with Gasteiger partial charge in [0.15, 0.2) is 0 Å². The fourth-order valence-electron chi connectivity index (χ4n) is 2.24. The van der Waals surface area contributed by atoms with Gasteiger partial charge in [-0.25, -0.2) is 0 Å². The van der Waals surface area contributed by atoms with Gasteiger partial charge >= 0.3 is 0 Å². The van der Waals surface area contributed by atoms with Crippen LogP contribution in [0.1, 0.15) is 32.3 Å². The number of amides is 1. The van der Waals surface area contributed by atoms with Crippen LogP contribution in [0.25, 0.3) is 0 Å². The summed E-state index contributed by atoms with van der Waals surface area (Å²) in [5, 5.41) is 7.00. The molecule has 1 aromatic carbocycles. The zero-order chi connectivity index (χ0) is 13.2. The monoisotopic (exact) mass is 266 g/mol. The van der Waals surface area contributed by atoms with Crippen molar-refractivity contribution in [2.75, 3.05) is 6.54 Å². The van der Waals surface area contributed by atoms with Crippen LogP contribution >= 0.6 is 11.6 Å². The zero-order valence-electron chi connectivity index (χ0n) is 10.8. The molecule has 1 unspecified atom stereocenters. The van der Waals surface area contributed by atoms with Crippen molar-refractivity contribution < 1.29 is 4.79 Å². The molecule has 1 amide bonds. The van der Waals surface area contributed by atoms with Crippen LogP contribution in [0, 0.1) is 0 Å². The Hall–Kier alpha value is -1.06. The molecule has 2 N–H and O–H groups in total. The predicted octanol–water partition coefficient (Wildman–Crippen LogP) is 2.44. The number of rotatable bonds is 3. The highest BCUT2D eigenvalue weighted by molar-refractivity contribution is 6.30. The highest BCUT2D eigenvalue weighted by Crippen LogP contribution is 2.22. The summed E-state index contributed by atoms with van der Waals surface area (Å²) in [6.07, 6.45) is 1.99. The average Bonchev–Trinajstić information content (AvgIpc) is 2.82. The number of carbonyl (C=O) groups is 1. The molecular formula is C14H19ClN2O. The average molecular weight is 267 g/mol. The molecule has 4 heteroatoms. The maximum atomic E-state index is 12.1. The fourth-order valence-corrected chi connectivity index (χ4v) is 2.37. The van der Waals surface area contributed by atoms with Crippen molar-refractivity contribution in [1.82, 2.24) is 10.6 Å². The van der Waals surface area contributed by atoms with E-state index in [0.29, 0.717) is 5.02 Å². The van der Waals surface area contributed by atoms with E-state index in [-0.39, 0.29) is 17.5 Å². The second-order valence-electron chi connectivity index (χ2n) is 5.27. The Balaban J connectivity index is 2.06. The molecule has 0 spiro atoms. The summed E-state index contributed by atoms with van der Waals surface area (Å²) in [5.41, 5.74) is 0.671. The lowest BCUT2D eigenvalue weighted by atomic mass is 9.94. The second-order valence-corrected chi connectivity index (χ2v) is 5.71. The van der Waals surface area contributed by atoms with Gasteiger partial charge in [0.2, 0.25) is 5.91 Å². The standard InChI is InChI=1S/C14H19ClN2O/c1-14(2,10-5-7-11(15)8-6-10)17-13(18)12-4-3-9-16-12/h5-8,12,16H,3-4,9H2,1-2H3,(H,17,18). The third-order valence-corrected chi connectivity index (χ3v) is 3.63. The molecule has 1 atom stereocenters. The van der Waals surface area contributed by atoms with Crippen molar-refractivity contribution in [2.45, 2.75) is 38.3 Å². The molecule has 18 heavy (non-hydrogen) atoms. The first kappa shape index (κ1) is 13.4. The number of hydrogen-bond donors (Lipinski definition) is 2. The van der Waals surface area contributed by atoms with Gasteiger partial charge in [-0.05, 0) is 50.9 Å². The quantitative estimate of drug-likeness (QED) is 0.882. The van der Waals surface area contributed by atoms with Crippen LogP contribution in [0.5, 0.6) is 0 Å². The van der Waals surface area contributed by atoms with Crippen molar-refractivity contribution in [3.8, 4) is 0 Å². The lowest BCUT2D eigenvalue weighted by molar-refractivity contribution is -0.124.